The van der Waals surface area contributed by atoms with Crippen molar-refractivity contribution in [3.8, 4) is 0 Å². The number of benzene rings is 3. The largest absolute Gasteiger partial charge is 0.323 e. The molecule has 8 heteroatoms. The van der Waals surface area contributed by atoms with E-state index in [0.717, 1.165) is 8.47 Å². The summed E-state index contributed by atoms with van der Waals surface area (Å²) in [7, 11) is 0. The number of para-hydroxylation sites is 2. The molecule has 32 heavy (non-hydrogen) atoms. The first-order valence-electron chi connectivity index (χ1n) is 10.1. The van der Waals surface area contributed by atoms with Crippen molar-refractivity contribution in [3.05, 3.63) is 88.0 Å². The molecule has 3 aromatic carbocycles. The molecule has 1 N–H and O–H groups in total. The molecule has 0 saturated carbocycles. The van der Waals surface area contributed by atoms with Crippen molar-refractivity contribution >= 4 is 57.4 Å². The lowest BCUT2D eigenvalue weighted by atomic mass is 9.77. The second-order valence-electron chi connectivity index (χ2n) is 7.89. The maximum Gasteiger partial charge on any atom is 0.266 e. The summed E-state index contributed by atoms with van der Waals surface area (Å²) in [5, 5.41) is 4.35. The van der Waals surface area contributed by atoms with Gasteiger partial charge < -0.3 is 5.32 Å². The molecule has 6 rings (SSSR count). The van der Waals surface area contributed by atoms with E-state index < -0.39 is 29.4 Å². The Morgan fingerprint density at radius 1 is 0.812 bits per heavy atom. The van der Waals surface area contributed by atoms with Crippen LogP contribution in [0.25, 0.3) is 0 Å². The zero-order valence-electron chi connectivity index (χ0n) is 16.6. The Balaban J connectivity index is 1.55. The first-order chi connectivity index (χ1) is 15.5. The van der Waals surface area contributed by atoms with Gasteiger partial charge in [-0.05, 0) is 65.1 Å². The molecule has 7 nitrogen and oxygen atoms in total. The van der Waals surface area contributed by atoms with E-state index in [2.05, 4.69) is 27.9 Å². The van der Waals surface area contributed by atoms with Crippen LogP contribution in [0, 0.1) is 9.49 Å². The zero-order valence-corrected chi connectivity index (χ0v) is 18.7. The minimum Gasteiger partial charge on any atom is -0.323 e. The first kappa shape index (κ1) is 19.4. The molecule has 3 aliphatic heterocycles. The van der Waals surface area contributed by atoms with Crippen LogP contribution in [0.3, 0.4) is 0 Å². The van der Waals surface area contributed by atoms with Crippen molar-refractivity contribution < 1.29 is 19.2 Å². The number of carbonyl (C=O) groups excluding carboxylic acids is 3. The van der Waals surface area contributed by atoms with E-state index in [-0.39, 0.29) is 5.91 Å². The van der Waals surface area contributed by atoms with Crippen molar-refractivity contribution in [3.63, 3.8) is 0 Å². The normalized spacial score (nSPS) is 26.0. The summed E-state index contributed by atoms with van der Waals surface area (Å²) in [5.41, 5.74) is 0.789. The summed E-state index contributed by atoms with van der Waals surface area (Å²) < 4.78 is 0.984. The average molecular weight is 537 g/mol. The van der Waals surface area contributed by atoms with Crippen molar-refractivity contribution in [2.24, 2.45) is 5.92 Å². The molecular weight excluding hydrogens is 521 g/mol. The summed E-state index contributed by atoms with van der Waals surface area (Å²) in [6, 6.07) is 23.4. The van der Waals surface area contributed by atoms with Crippen molar-refractivity contribution in [2.45, 2.75) is 11.6 Å². The Kier molecular flexibility index (Phi) is 4.18. The molecule has 3 aliphatic rings. The van der Waals surface area contributed by atoms with Crippen LogP contribution in [0.15, 0.2) is 78.9 Å². The SMILES string of the molecule is O=C1[C@H]2ON(c3ccccc3)[C@@]3(C(=O)Nc4ccccc43)[C@H]2C(=O)N1c1ccc(I)cc1. The van der Waals surface area contributed by atoms with E-state index >= 15 is 0 Å². The molecule has 0 aliphatic carbocycles. The van der Waals surface area contributed by atoms with Crippen LogP contribution in [-0.4, -0.2) is 23.8 Å². The van der Waals surface area contributed by atoms with E-state index in [1.165, 1.54) is 5.06 Å². The van der Waals surface area contributed by atoms with Gasteiger partial charge >= 0.3 is 0 Å². The molecule has 0 radical (unpaired) electrons. The van der Waals surface area contributed by atoms with Gasteiger partial charge in [0.2, 0.25) is 5.91 Å². The number of nitrogens with zero attached hydrogens (tertiary/aromatic N) is 2. The molecule has 3 atom stereocenters. The monoisotopic (exact) mass is 537 g/mol. The lowest BCUT2D eigenvalue weighted by Gasteiger charge is -2.35. The predicted octanol–water partition coefficient (Wildman–Crippen LogP) is 3.45. The van der Waals surface area contributed by atoms with E-state index in [4.69, 9.17) is 4.84 Å². The van der Waals surface area contributed by atoms with Crippen molar-refractivity contribution in [2.75, 3.05) is 15.3 Å². The van der Waals surface area contributed by atoms with Crippen molar-refractivity contribution in [1.82, 2.24) is 0 Å². The second-order valence-corrected chi connectivity index (χ2v) is 9.13. The van der Waals surface area contributed by atoms with Gasteiger partial charge in [0.15, 0.2) is 11.6 Å². The number of hydrogen-bond acceptors (Lipinski definition) is 5. The van der Waals surface area contributed by atoms with Crippen LogP contribution in [0.4, 0.5) is 17.1 Å². The van der Waals surface area contributed by atoms with Gasteiger partial charge in [0, 0.05) is 14.8 Å². The second kappa shape index (κ2) is 6.88. The number of rotatable bonds is 2. The zero-order chi connectivity index (χ0) is 22.0. The Morgan fingerprint density at radius 3 is 2.25 bits per heavy atom. The third-order valence-electron chi connectivity index (χ3n) is 6.25. The molecule has 0 bridgehead atoms. The van der Waals surface area contributed by atoms with Gasteiger partial charge in [-0.15, -0.1) is 0 Å². The van der Waals surface area contributed by atoms with E-state index in [1.54, 1.807) is 36.4 Å². The van der Waals surface area contributed by atoms with Gasteiger partial charge in [-0.1, -0.05) is 36.4 Å². The molecule has 1 spiro atoms. The number of imide groups is 1. The van der Waals surface area contributed by atoms with Gasteiger partial charge in [0.25, 0.3) is 11.8 Å². The minimum atomic E-state index is -1.49. The summed E-state index contributed by atoms with van der Waals surface area (Å²) in [5.74, 6) is -2.35. The third kappa shape index (κ3) is 2.41. The predicted molar refractivity (Wildman–Crippen MR) is 126 cm³/mol. The molecule has 3 aromatic rings. The molecule has 3 heterocycles. The fourth-order valence-corrected chi connectivity index (χ4v) is 5.28. The molecular formula is C24H16IN3O4. The number of fused-ring (bicyclic) bond motifs is 4. The van der Waals surface area contributed by atoms with Gasteiger partial charge in [-0.25, -0.2) is 9.96 Å². The lowest BCUT2D eigenvalue weighted by Crippen LogP contribution is -2.53. The van der Waals surface area contributed by atoms with Crippen LogP contribution in [0.2, 0.25) is 0 Å². The number of hydrogen-bond donors (Lipinski definition) is 1. The number of nitrogens with one attached hydrogen (secondary N) is 1. The van der Waals surface area contributed by atoms with E-state index in [1.807, 2.05) is 42.5 Å². The molecule has 158 valence electrons. The van der Waals surface area contributed by atoms with Crippen LogP contribution in [0.5, 0.6) is 0 Å². The van der Waals surface area contributed by atoms with Gasteiger partial charge in [-0.3, -0.25) is 19.2 Å². The number of carbonyl (C=O) groups is 3. The Bertz CT molecular complexity index is 1280. The molecule has 2 saturated heterocycles. The molecule has 0 unspecified atom stereocenters. The minimum absolute atomic E-state index is 0.388. The Labute approximate surface area is 197 Å². The van der Waals surface area contributed by atoms with Crippen LogP contribution >= 0.6 is 22.6 Å². The van der Waals surface area contributed by atoms with Crippen LogP contribution in [-0.2, 0) is 24.8 Å². The Morgan fingerprint density at radius 2 is 1.50 bits per heavy atom. The lowest BCUT2D eigenvalue weighted by molar-refractivity contribution is -0.130. The van der Waals surface area contributed by atoms with Gasteiger partial charge in [0.1, 0.15) is 5.92 Å². The summed E-state index contributed by atoms with van der Waals surface area (Å²) >= 11 is 2.16. The quantitative estimate of drug-likeness (QED) is 0.401. The van der Waals surface area contributed by atoms with Crippen LogP contribution in [0.1, 0.15) is 5.56 Å². The highest BCUT2D eigenvalue weighted by Crippen LogP contribution is 2.56. The van der Waals surface area contributed by atoms with Gasteiger partial charge in [-0.2, -0.15) is 0 Å². The van der Waals surface area contributed by atoms with E-state index in [9.17, 15) is 14.4 Å². The number of amides is 3. The number of hydroxylamine groups is 1. The summed E-state index contributed by atoms with van der Waals surface area (Å²) in [4.78, 5) is 48.1. The van der Waals surface area contributed by atoms with Gasteiger partial charge in [0.05, 0.1) is 11.4 Å². The van der Waals surface area contributed by atoms with Crippen LogP contribution < -0.4 is 15.3 Å². The third-order valence-corrected chi connectivity index (χ3v) is 6.97. The standard InChI is InChI=1S/C24H16IN3O4/c25-14-10-12-15(13-11-14)27-21(29)19-20(22(27)30)32-28(16-6-2-1-3-7-16)24(19)17-8-4-5-9-18(17)26-23(24)31/h1-13,19-20H,(H,26,31)/t19-,20+,24-/m1/s1. The Hall–Kier alpha value is -3.24. The highest BCUT2D eigenvalue weighted by atomic mass is 127. The van der Waals surface area contributed by atoms with E-state index in [0.29, 0.717) is 22.6 Å². The molecule has 2 fully saturated rings. The summed E-state index contributed by atoms with van der Waals surface area (Å²) in [6.07, 6.45) is -1.11. The fraction of sp³-hybridized carbons (Fsp3) is 0.125. The number of anilines is 3. The summed E-state index contributed by atoms with van der Waals surface area (Å²) in [6.45, 7) is 0. The highest BCUT2D eigenvalue weighted by molar-refractivity contribution is 14.1. The topological polar surface area (TPSA) is 79.0 Å². The fourth-order valence-electron chi connectivity index (χ4n) is 4.92. The maximum absolute atomic E-state index is 13.8. The molecule has 0 aromatic heterocycles. The smallest absolute Gasteiger partial charge is 0.266 e. The average Bonchev–Trinajstić information content (AvgIpc) is 3.40. The maximum atomic E-state index is 13.8. The van der Waals surface area contributed by atoms with Crippen molar-refractivity contribution in [1.29, 1.82) is 0 Å². The first-order valence-corrected chi connectivity index (χ1v) is 11.2. The highest BCUT2D eigenvalue weighted by Gasteiger charge is 2.73. The molecule has 3 amide bonds. The number of halogens is 1.